The first-order valence-corrected chi connectivity index (χ1v) is 8.85. The first-order valence-electron chi connectivity index (χ1n) is 8.85. The first kappa shape index (κ1) is 20.5. The van der Waals surface area contributed by atoms with Gasteiger partial charge in [0, 0.05) is 29.6 Å². The summed E-state index contributed by atoms with van der Waals surface area (Å²) in [5.74, 6) is -0.232. The molecule has 0 atom stereocenters. The van der Waals surface area contributed by atoms with Crippen LogP contribution in [-0.4, -0.2) is 29.1 Å². The number of amides is 1. The van der Waals surface area contributed by atoms with Gasteiger partial charge in [0.1, 0.15) is 6.61 Å². The number of nitro groups is 1. The van der Waals surface area contributed by atoms with Gasteiger partial charge in [-0.25, -0.2) is 5.43 Å². The molecule has 1 N–H and O–H groups in total. The van der Waals surface area contributed by atoms with Crippen molar-refractivity contribution in [3.63, 3.8) is 0 Å². The zero-order chi connectivity index (χ0) is 21.3. The molecular formula is C21H18N4O5. The Bertz CT molecular complexity index is 1060. The zero-order valence-electron chi connectivity index (χ0n) is 16.0. The smallest absolute Gasteiger partial charge is 0.315 e. The number of nitrogens with one attached hydrogen (secondary N) is 1. The topological polar surface area (TPSA) is 116 Å². The SMILES string of the molecule is COc1cc(/C=N\NC(=O)c2ccncc2)cc([N+](=O)[O-])c1OCc1ccccc1. The Kier molecular flexibility index (Phi) is 6.67. The summed E-state index contributed by atoms with van der Waals surface area (Å²) in [5, 5.41) is 15.4. The molecule has 1 amide bonds. The molecule has 2 aromatic carbocycles. The number of methoxy groups -OCH3 is 1. The van der Waals surface area contributed by atoms with E-state index in [2.05, 4.69) is 15.5 Å². The lowest BCUT2D eigenvalue weighted by molar-refractivity contribution is -0.386. The minimum absolute atomic E-state index is 0.0179. The van der Waals surface area contributed by atoms with E-state index in [4.69, 9.17) is 9.47 Å². The van der Waals surface area contributed by atoms with Crippen LogP contribution in [0.15, 0.2) is 72.1 Å². The van der Waals surface area contributed by atoms with E-state index in [9.17, 15) is 14.9 Å². The average molecular weight is 406 g/mol. The number of carbonyl (C=O) groups excluding carboxylic acids is 1. The second kappa shape index (κ2) is 9.78. The maximum atomic E-state index is 12.0. The normalized spacial score (nSPS) is 10.6. The number of carbonyl (C=O) groups is 1. The number of pyridine rings is 1. The summed E-state index contributed by atoms with van der Waals surface area (Å²) < 4.78 is 11.0. The van der Waals surface area contributed by atoms with Gasteiger partial charge >= 0.3 is 5.69 Å². The third-order valence-corrected chi connectivity index (χ3v) is 4.02. The van der Waals surface area contributed by atoms with Crippen molar-refractivity contribution in [3.05, 3.63) is 93.8 Å². The van der Waals surface area contributed by atoms with Crippen LogP contribution in [0.2, 0.25) is 0 Å². The molecule has 30 heavy (non-hydrogen) atoms. The third-order valence-electron chi connectivity index (χ3n) is 4.02. The fraction of sp³-hybridized carbons (Fsp3) is 0.0952. The quantitative estimate of drug-likeness (QED) is 0.348. The highest BCUT2D eigenvalue weighted by molar-refractivity contribution is 5.94. The largest absolute Gasteiger partial charge is 0.493 e. The number of aromatic nitrogens is 1. The minimum Gasteiger partial charge on any atom is -0.493 e. The van der Waals surface area contributed by atoms with Crippen molar-refractivity contribution in [2.24, 2.45) is 5.10 Å². The van der Waals surface area contributed by atoms with Crippen LogP contribution in [0.4, 0.5) is 5.69 Å². The lowest BCUT2D eigenvalue weighted by Crippen LogP contribution is -2.17. The van der Waals surface area contributed by atoms with Crippen molar-refractivity contribution in [1.82, 2.24) is 10.4 Å². The maximum absolute atomic E-state index is 12.0. The van der Waals surface area contributed by atoms with Gasteiger partial charge in [-0.3, -0.25) is 19.9 Å². The number of hydrazone groups is 1. The molecular weight excluding hydrogens is 388 g/mol. The van der Waals surface area contributed by atoms with Crippen LogP contribution < -0.4 is 14.9 Å². The lowest BCUT2D eigenvalue weighted by Gasteiger charge is -2.12. The molecule has 3 aromatic rings. The third kappa shape index (κ3) is 5.16. The van der Waals surface area contributed by atoms with Crippen LogP contribution in [0.5, 0.6) is 11.5 Å². The predicted molar refractivity (Wildman–Crippen MR) is 110 cm³/mol. The Morgan fingerprint density at radius 3 is 2.60 bits per heavy atom. The molecule has 1 aromatic heterocycles. The van der Waals surface area contributed by atoms with E-state index in [1.54, 1.807) is 0 Å². The molecule has 0 radical (unpaired) electrons. The second-order valence-corrected chi connectivity index (χ2v) is 6.04. The fourth-order valence-electron chi connectivity index (χ4n) is 2.58. The van der Waals surface area contributed by atoms with E-state index in [0.29, 0.717) is 11.1 Å². The van der Waals surface area contributed by atoms with E-state index in [1.807, 2.05) is 30.3 Å². The summed E-state index contributed by atoms with van der Waals surface area (Å²) in [6.07, 6.45) is 4.26. The first-order chi connectivity index (χ1) is 14.6. The summed E-state index contributed by atoms with van der Waals surface area (Å²) >= 11 is 0. The van der Waals surface area contributed by atoms with Crippen molar-refractivity contribution in [3.8, 4) is 11.5 Å². The van der Waals surface area contributed by atoms with Gasteiger partial charge in [-0.2, -0.15) is 5.10 Å². The number of ether oxygens (including phenoxy) is 2. The molecule has 0 fully saturated rings. The molecule has 0 aliphatic heterocycles. The van der Waals surface area contributed by atoms with E-state index >= 15 is 0 Å². The molecule has 9 nitrogen and oxygen atoms in total. The molecule has 3 rings (SSSR count). The van der Waals surface area contributed by atoms with Gasteiger partial charge in [-0.15, -0.1) is 0 Å². The van der Waals surface area contributed by atoms with Crippen LogP contribution in [-0.2, 0) is 6.61 Å². The molecule has 9 heteroatoms. The maximum Gasteiger partial charge on any atom is 0.315 e. The van der Waals surface area contributed by atoms with Gasteiger partial charge in [0.05, 0.1) is 18.2 Å². The number of hydrogen-bond donors (Lipinski definition) is 1. The monoisotopic (exact) mass is 406 g/mol. The number of rotatable bonds is 8. The number of nitrogens with zero attached hydrogens (tertiary/aromatic N) is 3. The summed E-state index contributed by atoms with van der Waals surface area (Å²) in [4.78, 5) is 26.8. The Balaban J connectivity index is 1.79. The van der Waals surface area contributed by atoms with Crippen molar-refractivity contribution in [2.45, 2.75) is 6.61 Å². The van der Waals surface area contributed by atoms with Crippen LogP contribution in [0.3, 0.4) is 0 Å². The Hall–Kier alpha value is -4.27. The number of hydrogen-bond acceptors (Lipinski definition) is 7. The van der Waals surface area contributed by atoms with Crippen molar-refractivity contribution < 1.29 is 19.2 Å². The van der Waals surface area contributed by atoms with Crippen LogP contribution in [0.1, 0.15) is 21.5 Å². The van der Waals surface area contributed by atoms with E-state index < -0.39 is 10.8 Å². The molecule has 0 bridgehead atoms. The second-order valence-electron chi connectivity index (χ2n) is 6.04. The average Bonchev–Trinajstić information content (AvgIpc) is 2.78. The lowest BCUT2D eigenvalue weighted by atomic mass is 10.1. The van der Waals surface area contributed by atoms with Crippen LogP contribution in [0.25, 0.3) is 0 Å². The van der Waals surface area contributed by atoms with E-state index in [-0.39, 0.29) is 23.8 Å². The van der Waals surface area contributed by atoms with Crippen LogP contribution in [0, 0.1) is 10.1 Å². The van der Waals surface area contributed by atoms with Gasteiger partial charge in [0.2, 0.25) is 5.75 Å². The molecule has 0 saturated heterocycles. The highest BCUT2D eigenvalue weighted by Crippen LogP contribution is 2.38. The molecule has 0 saturated carbocycles. The van der Waals surface area contributed by atoms with Crippen molar-refractivity contribution >= 4 is 17.8 Å². The summed E-state index contributed by atoms with van der Waals surface area (Å²) in [6, 6.07) is 15.2. The van der Waals surface area contributed by atoms with Gasteiger partial charge in [0.25, 0.3) is 5.91 Å². The number of benzene rings is 2. The van der Waals surface area contributed by atoms with E-state index in [1.165, 1.54) is 50.0 Å². The zero-order valence-corrected chi connectivity index (χ0v) is 16.0. The van der Waals surface area contributed by atoms with Crippen LogP contribution >= 0.6 is 0 Å². The molecule has 0 aliphatic rings. The minimum atomic E-state index is -0.560. The molecule has 0 unspecified atom stereocenters. The predicted octanol–water partition coefficient (Wildman–Crippen LogP) is 3.34. The summed E-state index contributed by atoms with van der Waals surface area (Å²) in [6.45, 7) is 0.146. The van der Waals surface area contributed by atoms with E-state index in [0.717, 1.165) is 5.56 Å². The Labute approximate surface area is 172 Å². The molecule has 0 aliphatic carbocycles. The molecule has 152 valence electrons. The number of nitro benzene ring substituents is 1. The molecule has 1 heterocycles. The molecule has 0 spiro atoms. The van der Waals surface area contributed by atoms with Gasteiger partial charge in [0.15, 0.2) is 5.75 Å². The van der Waals surface area contributed by atoms with Crippen molar-refractivity contribution in [1.29, 1.82) is 0 Å². The van der Waals surface area contributed by atoms with Crippen molar-refractivity contribution in [2.75, 3.05) is 7.11 Å². The highest BCUT2D eigenvalue weighted by Gasteiger charge is 2.22. The van der Waals surface area contributed by atoms with Gasteiger partial charge in [-0.1, -0.05) is 30.3 Å². The Morgan fingerprint density at radius 1 is 1.20 bits per heavy atom. The fourth-order valence-corrected chi connectivity index (χ4v) is 2.58. The standard InChI is InChI=1S/C21H18N4O5/c1-29-19-12-16(13-23-24-21(26)17-7-9-22-10-8-17)11-18(25(27)28)20(19)30-14-15-5-3-2-4-6-15/h2-13H,14H2,1H3,(H,24,26)/b23-13-. The van der Waals surface area contributed by atoms with Gasteiger partial charge < -0.3 is 9.47 Å². The van der Waals surface area contributed by atoms with Gasteiger partial charge in [-0.05, 0) is 23.8 Å². The highest BCUT2D eigenvalue weighted by atomic mass is 16.6. The summed E-state index contributed by atoms with van der Waals surface area (Å²) in [5.41, 5.74) is 3.69. The Morgan fingerprint density at radius 2 is 1.93 bits per heavy atom. The summed E-state index contributed by atoms with van der Waals surface area (Å²) in [7, 11) is 1.39.